The molecule has 1 aromatic heterocycles. The Kier molecular flexibility index (Phi) is 8.83. The maximum Gasteiger partial charge on any atom is 0.257 e. The highest BCUT2D eigenvalue weighted by Gasteiger charge is 2.29. The Hall–Kier alpha value is -2.24. The van der Waals surface area contributed by atoms with Crippen molar-refractivity contribution in [2.45, 2.75) is 84.5 Å². The van der Waals surface area contributed by atoms with Crippen LogP contribution < -0.4 is 5.32 Å². The molecule has 1 saturated carbocycles. The fourth-order valence-corrected chi connectivity index (χ4v) is 4.91. The summed E-state index contributed by atoms with van der Waals surface area (Å²) in [5, 5.41) is 3.20. The number of hydrogen-bond acceptors (Lipinski definition) is 4. The quantitative estimate of drug-likeness (QED) is 0.588. The summed E-state index contributed by atoms with van der Waals surface area (Å²) in [5.41, 5.74) is 1.59. The van der Waals surface area contributed by atoms with Crippen molar-refractivity contribution >= 4 is 11.8 Å². The van der Waals surface area contributed by atoms with E-state index in [1.807, 2.05) is 18.7 Å². The van der Waals surface area contributed by atoms with Gasteiger partial charge in [0.2, 0.25) is 5.91 Å². The third kappa shape index (κ3) is 5.96. The van der Waals surface area contributed by atoms with Crippen molar-refractivity contribution in [2.24, 2.45) is 11.8 Å². The van der Waals surface area contributed by atoms with Gasteiger partial charge >= 0.3 is 0 Å². The Labute approximate surface area is 193 Å². The average Bonchev–Trinajstić information content (AvgIpc) is 2.83. The normalized spacial score (nSPS) is 23.2. The minimum atomic E-state index is 0.0382. The molecule has 1 N–H and O–H groups in total. The Morgan fingerprint density at radius 2 is 1.81 bits per heavy atom. The van der Waals surface area contributed by atoms with Crippen LogP contribution in [0.5, 0.6) is 0 Å². The summed E-state index contributed by atoms with van der Waals surface area (Å²) in [6.45, 7) is 10.3. The number of carbonyl (C=O) groups excluding carboxylic acids is 2. The van der Waals surface area contributed by atoms with E-state index in [1.165, 1.54) is 0 Å². The molecule has 0 aromatic carbocycles. The van der Waals surface area contributed by atoms with Crippen molar-refractivity contribution in [3.05, 3.63) is 35.4 Å². The molecule has 3 rings (SSSR count). The van der Waals surface area contributed by atoms with Gasteiger partial charge in [0.25, 0.3) is 5.91 Å². The minimum Gasteiger partial charge on any atom is -0.356 e. The first kappa shape index (κ1) is 24.4. The first-order valence-electron chi connectivity index (χ1n) is 12.5. The van der Waals surface area contributed by atoms with Gasteiger partial charge in [-0.25, -0.2) is 9.97 Å². The van der Waals surface area contributed by atoms with Crippen LogP contribution in [0.15, 0.2) is 18.3 Å². The Balaban J connectivity index is 1.64. The van der Waals surface area contributed by atoms with Gasteiger partial charge in [-0.15, -0.1) is 0 Å². The Bertz CT molecular complexity index is 808. The summed E-state index contributed by atoms with van der Waals surface area (Å²) < 4.78 is 0. The maximum atomic E-state index is 13.1. The van der Waals surface area contributed by atoms with Crippen molar-refractivity contribution in [1.29, 1.82) is 0 Å². The van der Waals surface area contributed by atoms with E-state index >= 15 is 0 Å². The zero-order chi connectivity index (χ0) is 23.1. The molecule has 1 fully saturated rings. The van der Waals surface area contributed by atoms with E-state index in [0.717, 1.165) is 63.0 Å². The summed E-state index contributed by atoms with van der Waals surface area (Å²) in [6, 6.07) is 0. The van der Waals surface area contributed by atoms with Gasteiger partial charge in [0.15, 0.2) is 0 Å². The lowest BCUT2D eigenvalue weighted by molar-refractivity contribution is -0.125. The van der Waals surface area contributed by atoms with Crippen molar-refractivity contribution in [1.82, 2.24) is 20.2 Å². The van der Waals surface area contributed by atoms with Crippen molar-refractivity contribution in [3.63, 3.8) is 0 Å². The lowest BCUT2D eigenvalue weighted by atomic mass is 9.79. The van der Waals surface area contributed by atoms with E-state index in [1.54, 1.807) is 6.20 Å². The van der Waals surface area contributed by atoms with Gasteiger partial charge in [-0.3, -0.25) is 9.59 Å². The third-order valence-corrected chi connectivity index (χ3v) is 7.07. The molecule has 6 heteroatoms. The van der Waals surface area contributed by atoms with Crippen LogP contribution in [0, 0.1) is 11.8 Å². The van der Waals surface area contributed by atoms with Crippen LogP contribution in [0.2, 0.25) is 0 Å². The zero-order valence-electron chi connectivity index (χ0n) is 20.3. The lowest BCUT2D eigenvalue weighted by Crippen LogP contribution is -2.36. The predicted octanol–water partition coefficient (Wildman–Crippen LogP) is 4.83. The molecule has 1 heterocycles. The number of hydrogen-bond donors (Lipinski definition) is 1. The number of allylic oxidation sites excluding steroid dienone is 2. The number of rotatable bonds is 8. The molecule has 1 aromatic rings. The number of nitrogens with zero attached hydrogens (tertiary/aromatic N) is 3. The molecule has 176 valence electrons. The highest BCUT2D eigenvalue weighted by atomic mass is 16.2. The first-order valence-corrected chi connectivity index (χ1v) is 12.5. The molecular formula is C26H40N4O2. The minimum absolute atomic E-state index is 0.0382. The molecule has 0 aliphatic heterocycles. The van der Waals surface area contributed by atoms with Gasteiger partial charge in [0.1, 0.15) is 5.82 Å². The van der Waals surface area contributed by atoms with Gasteiger partial charge in [-0.1, -0.05) is 26.0 Å². The molecule has 0 bridgehead atoms. The second-order valence-corrected chi connectivity index (χ2v) is 9.60. The zero-order valence-corrected chi connectivity index (χ0v) is 20.3. The standard InChI is InChI=1S/C26H40N4O2/c1-5-30(6-2)26(32)22-17-27-24(18(3)4)29-23(22)20-14-12-19(13-15-20)16-28-25(31)21-10-8-7-9-11-21/h7-8,17-21H,5-6,9-16H2,1-4H3,(H,28,31)/t19?,20?,21-/m0/s1. The van der Waals surface area contributed by atoms with E-state index in [9.17, 15) is 9.59 Å². The molecule has 0 radical (unpaired) electrons. The molecule has 2 amide bonds. The van der Waals surface area contributed by atoms with E-state index in [-0.39, 0.29) is 29.6 Å². The fourth-order valence-electron chi connectivity index (χ4n) is 4.91. The number of carbonyl (C=O) groups is 2. The van der Waals surface area contributed by atoms with Crippen LogP contribution in [0.1, 0.15) is 106 Å². The highest BCUT2D eigenvalue weighted by molar-refractivity contribution is 5.95. The summed E-state index contributed by atoms with van der Waals surface area (Å²) >= 11 is 0. The van der Waals surface area contributed by atoms with Crippen molar-refractivity contribution < 1.29 is 9.59 Å². The maximum absolute atomic E-state index is 13.1. The van der Waals surface area contributed by atoms with Gasteiger partial charge in [-0.2, -0.15) is 0 Å². The molecule has 32 heavy (non-hydrogen) atoms. The largest absolute Gasteiger partial charge is 0.356 e. The van der Waals surface area contributed by atoms with Crippen LogP contribution >= 0.6 is 0 Å². The van der Waals surface area contributed by atoms with Gasteiger partial charge < -0.3 is 10.2 Å². The van der Waals surface area contributed by atoms with Gasteiger partial charge in [-0.05, 0) is 64.7 Å². The Morgan fingerprint density at radius 3 is 2.41 bits per heavy atom. The Morgan fingerprint density at radius 1 is 1.09 bits per heavy atom. The SMILES string of the molecule is CCN(CC)C(=O)c1cnc(C(C)C)nc1C1CCC(CNC(=O)[C@H]2CC=CCC2)CC1. The van der Waals surface area contributed by atoms with Gasteiger partial charge in [0.05, 0.1) is 11.3 Å². The topological polar surface area (TPSA) is 75.2 Å². The van der Waals surface area contributed by atoms with Crippen molar-refractivity contribution in [3.8, 4) is 0 Å². The molecule has 1 atom stereocenters. The van der Waals surface area contributed by atoms with Crippen molar-refractivity contribution in [2.75, 3.05) is 19.6 Å². The number of aromatic nitrogens is 2. The van der Waals surface area contributed by atoms with Crippen LogP contribution in [0.4, 0.5) is 0 Å². The van der Waals surface area contributed by atoms with E-state index in [2.05, 4.69) is 36.3 Å². The van der Waals surface area contributed by atoms with E-state index < -0.39 is 0 Å². The van der Waals surface area contributed by atoms with Crippen LogP contribution in [0.25, 0.3) is 0 Å². The molecule has 2 aliphatic carbocycles. The van der Waals surface area contributed by atoms with E-state index in [0.29, 0.717) is 24.6 Å². The van der Waals surface area contributed by atoms with E-state index in [4.69, 9.17) is 4.98 Å². The molecule has 0 unspecified atom stereocenters. The van der Waals surface area contributed by atoms with Gasteiger partial charge in [0, 0.05) is 43.6 Å². The third-order valence-electron chi connectivity index (χ3n) is 7.07. The molecule has 2 aliphatic rings. The number of nitrogens with one attached hydrogen (secondary N) is 1. The smallest absolute Gasteiger partial charge is 0.257 e. The number of amides is 2. The second-order valence-electron chi connectivity index (χ2n) is 9.60. The highest BCUT2D eigenvalue weighted by Crippen LogP contribution is 2.37. The second kappa shape index (κ2) is 11.6. The van der Waals surface area contributed by atoms with Crippen LogP contribution in [0.3, 0.4) is 0 Å². The van der Waals surface area contributed by atoms with Crippen LogP contribution in [-0.4, -0.2) is 46.3 Å². The molecule has 0 spiro atoms. The molecule has 6 nitrogen and oxygen atoms in total. The lowest BCUT2D eigenvalue weighted by Gasteiger charge is -2.30. The molecular weight excluding hydrogens is 400 g/mol. The first-order chi connectivity index (χ1) is 15.4. The average molecular weight is 441 g/mol. The summed E-state index contributed by atoms with van der Waals surface area (Å²) in [4.78, 5) is 36.8. The molecule has 0 saturated heterocycles. The predicted molar refractivity (Wildman–Crippen MR) is 128 cm³/mol. The fraction of sp³-hybridized carbons (Fsp3) is 0.692. The summed E-state index contributed by atoms with van der Waals surface area (Å²) in [6.07, 6.45) is 13.0. The summed E-state index contributed by atoms with van der Waals surface area (Å²) in [5.74, 6) is 2.21. The van der Waals surface area contributed by atoms with Crippen LogP contribution in [-0.2, 0) is 4.79 Å². The monoisotopic (exact) mass is 440 g/mol. The summed E-state index contributed by atoms with van der Waals surface area (Å²) in [7, 11) is 0.